The zero-order chi connectivity index (χ0) is 7.11. The van der Waals surface area contributed by atoms with E-state index in [0.717, 1.165) is 6.04 Å². The molecule has 54 valence electrons. The second-order valence-corrected chi connectivity index (χ2v) is 4.46. The third-order valence-electron chi connectivity index (χ3n) is 1.05. The Kier molecular flexibility index (Phi) is 5.61. The van der Waals surface area contributed by atoms with Crippen LogP contribution in [0, 0.1) is 0 Å². The molecule has 0 aromatic heterocycles. The highest BCUT2D eigenvalue weighted by atomic mass is 28.2. The van der Waals surface area contributed by atoms with E-state index in [9.17, 15) is 4.79 Å². The third-order valence-corrected chi connectivity index (χ3v) is 2.55. The van der Waals surface area contributed by atoms with E-state index in [2.05, 4.69) is 6.92 Å². The standard InChI is InChI=1S/C6H14O2Si/c1-3-9-5-4-8-6(2)7/h3-5,9H2,1-2H3. The van der Waals surface area contributed by atoms with E-state index in [-0.39, 0.29) is 15.5 Å². The monoisotopic (exact) mass is 146 g/mol. The lowest BCUT2D eigenvalue weighted by Gasteiger charge is -1.97. The molecule has 0 aliphatic rings. The first-order chi connectivity index (χ1) is 4.27. The van der Waals surface area contributed by atoms with E-state index in [1.165, 1.54) is 13.0 Å². The van der Waals surface area contributed by atoms with Crippen LogP contribution in [-0.2, 0) is 9.53 Å². The molecule has 0 spiro atoms. The average molecular weight is 146 g/mol. The maximum absolute atomic E-state index is 10.2. The van der Waals surface area contributed by atoms with Crippen LogP contribution in [-0.4, -0.2) is 22.1 Å². The molecule has 0 aromatic carbocycles. The van der Waals surface area contributed by atoms with Crippen molar-refractivity contribution in [2.24, 2.45) is 0 Å². The minimum atomic E-state index is -0.153. The molecule has 0 aliphatic carbocycles. The van der Waals surface area contributed by atoms with Crippen molar-refractivity contribution in [1.29, 1.82) is 0 Å². The number of esters is 1. The van der Waals surface area contributed by atoms with E-state index < -0.39 is 0 Å². The summed E-state index contributed by atoms with van der Waals surface area (Å²) in [5, 5.41) is 0. The summed E-state index contributed by atoms with van der Waals surface area (Å²) in [6.07, 6.45) is 0. The zero-order valence-corrected chi connectivity index (χ0v) is 7.56. The smallest absolute Gasteiger partial charge is 0.302 e. The van der Waals surface area contributed by atoms with Crippen molar-refractivity contribution >= 4 is 15.5 Å². The van der Waals surface area contributed by atoms with Gasteiger partial charge in [-0.2, -0.15) is 0 Å². The van der Waals surface area contributed by atoms with Gasteiger partial charge in [-0.05, 0) is 6.04 Å². The maximum atomic E-state index is 10.2. The van der Waals surface area contributed by atoms with Gasteiger partial charge in [0.1, 0.15) is 0 Å². The fourth-order valence-corrected chi connectivity index (χ4v) is 1.42. The van der Waals surface area contributed by atoms with Crippen molar-refractivity contribution in [3.8, 4) is 0 Å². The summed E-state index contributed by atoms with van der Waals surface area (Å²) in [6.45, 7) is 4.28. The average Bonchev–Trinajstić information content (AvgIpc) is 1.80. The lowest BCUT2D eigenvalue weighted by Crippen LogP contribution is -2.02. The fraction of sp³-hybridized carbons (Fsp3) is 0.833. The highest BCUT2D eigenvalue weighted by molar-refractivity contribution is 6.35. The maximum Gasteiger partial charge on any atom is 0.302 e. The molecule has 0 saturated carbocycles. The Balaban J connectivity index is 2.83. The van der Waals surface area contributed by atoms with E-state index in [4.69, 9.17) is 4.74 Å². The van der Waals surface area contributed by atoms with Gasteiger partial charge in [0.2, 0.25) is 0 Å². The topological polar surface area (TPSA) is 26.3 Å². The Bertz CT molecular complexity index is 83.1. The normalized spacial score (nSPS) is 10.4. The van der Waals surface area contributed by atoms with Crippen molar-refractivity contribution in [2.45, 2.75) is 25.9 Å². The molecule has 0 atom stereocenters. The van der Waals surface area contributed by atoms with E-state index in [1.54, 1.807) is 0 Å². The van der Waals surface area contributed by atoms with Crippen molar-refractivity contribution in [3.63, 3.8) is 0 Å². The summed E-state index contributed by atoms with van der Waals surface area (Å²) in [4.78, 5) is 10.2. The minimum absolute atomic E-state index is 0.102. The van der Waals surface area contributed by atoms with Crippen molar-refractivity contribution in [1.82, 2.24) is 0 Å². The number of carbonyl (C=O) groups excluding carboxylic acids is 1. The summed E-state index contributed by atoms with van der Waals surface area (Å²) in [5.41, 5.74) is 0. The minimum Gasteiger partial charge on any atom is -0.466 e. The molecule has 0 bridgehead atoms. The van der Waals surface area contributed by atoms with E-state index >= 15 is 0 Å². The first kappa shape index (κ1) is 8.69. The molecule has 0 fully saturated rings. The second-order valence-electron chi connectivity index (χ2n) is 2.05. The van der Waals surface area contributed by atoms with Gasteiger partial charge in [-0.25, -0.2) is 0 Å². The van der Waals surface area contributed by atoms with Gasteiger partial charge in [-0.1, -0.05) is 13.0 Å². The van der Waals surface area contributed by atoms with Crippen LogP contribution in [0.1, 0.15) is 13.8 Å². The Morgan fingerprint density at radius 3 is 2.78 bits per heavy atom. The summed E-state index contributed by atoms with van der Waals surface area (Å²) >= 11 is 0. The molecule has 0 saturated heterocycles. The zero-order valence-electron chi connectivity index (χ0n) is 6.14. The van der Waals surface area contributed by atoms with Crippen LogP contribution in [0.15, 0.2) is 0 Å². The number of rotatable bonds is 4. The van der Waals surface area contributed by atoms with Gasteiger partial charge in [-0.3, -0.25) is 4.79 Å². The number of hydrogen-bond donors (Lipinski definition) is 0. The van der Waals surface area contributed by atoms with E-state index in [0.29, 0.717) is 6.61 Å². The molecule has 0 unspecified atom stereocenters. The Morgan fingerprint density at radius 1 is 1.67 bits per heavy atom. The molecule has 0 radical (unpaired) electrons. The van der Waals surface area contributed by atoms with Crippen LogP contribution in [0.5, 0.6) is 0 Å². The molecule has 0 heterocycles. The molecule has 0 amide bonds. The number of carbonyl (C=O) groups is 1. The number of ether oxygens (including phenoxy) is 1. The van der Waals surface area contributed by atoms with Gasteiger partial charge < -0.3 is 4.74 Å². The molecule has 2 nitrogen and oxygen atoms in total. The van der Waals surface area contributed by atoms with Gasteiger partial charge in [0.05, 0.1) is 6.61 Å². The third kappa shape index (κ3) is 7.69. The van der Waals surface area contributed by atoms with E-state index in [1.807, 2.05) is 0 Å². The van der Waals surface area contributed by atoms with Gasteiger partial charge >= 0.3 is 5.97 Å². The molecule has 0 N–H and O–H groups in total. The van der Waals surface area contributed by atoms with Crippen LogP contribution in [0.25, 0.3) is 0 Å². The highest BCUT2D eigenvalue weighted by Crippen LogP contribution is 1.85. The first-order valence-electron chi connectivity index (χ1n) is 3.40. The van der Waals surface area contributed by atoms with Crippen LogP contribution in [0.2, 0.25) is 12.1 Å². The van der Waals surface area contributed by atoms with Crippen molar-refractivity contribution in [3.05, 3.63) is 0 Å². The van der Waals surface area contributed by atoms with Gasteiger partial charge in [0, 0.05) is 16.4 Å². The molecule has 9 heavy (non-hydrogen) atoms. The summed E-state index contributed by atoms with van der Waals surface area (Å²) < 4.78 is 4.74. The predicted octanol–water partition coefficient (Wildman–Crippen LogP) is 0.575. The van der Waals surface area contributed by atoms with Crippen molar-refractivity contribution < 1.29 is 9.53 Å². The van der Waals surface area contributed by atoms with Crippen molar-refractivity contribution in [2.75, 3.05) is 6.61 Å². The molecule has 3 heteroatoms. The van der Waals surface area contributed by atoms with Gasteiger partial charge in [-0.15, -0.1) is 0 Å². The summed E-state index contributed by atoms with van der Waals surface area (Å²) in [6, 6.07) is 2.44. The highest BCUT2D eigenvalue weighted by Gasteiger charge is 1.90. The van der Waals surface area contributed by atoms with Crippen LogP contribution in [0.3, 0.4) is 0 Å². The van der Waals surface area contributed by atoms with Crippen LogP contribution in [0.4, 0.5) is 0 Å². The van der Waals surface area contributed by atoms with Crippen LogP contribution >= 0.6 is 0 Å². The van der Waals surface area contributed by atoms with Gasteiger partial charge in [0.15, 0.2) is 0 Å². The molecule has 0 aromatic rings. The molecule has 0 rings (SSSR count). The van der Waals surface area contributed by atoms with Crippen LogP contribution < -0.4 is 0 Å². The second kappa shape index (κ2) is 5.82. The molecular weight excluding hydrogens is 132 g/mol. The predicted molar refractivity (Wildman–Crippen MR) is 40.5 cm³/mol. The fourth-order valence-electron chi connectivity index (χ4n) is 0.568. The quantitative estimate of drug-likeness (QED) is 0.329. The summed E-state index contributed by atoms with van der Waals surface area (Å²) in [7, 11) is 0.102. The Labute approximate surface area is 58.4 Å². The van der Waals surface area contributed by atoms with Gasteiger partial charge in [0.25, 0.3) is 0 Å². The number of hydrogen-bond acceptors (Lipinski definition) is 2. The SMILES string of the molecule is CC[SiH2]CCOC(C)=O. The largest absolute Gasteiger partial charge is 0.466 e. The first-order valence-corrected chi connectivity index (χ1v) is 5.40. The Morgan fingerprint density at radius 2 is 2.33 bits per heavy atom. The Hall–Kier alpha value is -0.313. The lowest BCUT2D eigenvalue weighted by molar-refractivity contribution is -0.140. The molecule has 0 aliphatic heterocycles. The lowest BCUT2D eigenvalue weighted by atomic mass is 10.8. The summed E-state index contributed by atoms with van der Waals surface area (Å²) in [5.74, 6) is -0.153. The molecular formula is C6H14O2Si.